The van der Waals surface area contributed by atoms with E-state index in [9.17, 15) is 9.35 Å². The molecule has 29 heavy (non-hydrogen) atoms. The molecule has 5 nitrogen and oxygen atoms in total. The van der Waals surface area contributed by atoms with Crippen LogP contribution < -0.4 is 9.46 Å². The van der Waals surface area contributed by atoms with E-state index in [0.29, 0.717) is 16.6 Å². The van der Waals surface area contributed by atoms with Crippen LogP contribution >= 0.6 is 0 Å². The van der Waals surface area contributed by atoms with Gasteiger partial charge in [0.15, 0.2) is 10.7 Å². The standard InChI is InChI=1S/C23H28N2O3S/c1-16-3-10-22(13-23(16)17(2)26)29(27)24-19-11-12-25(15-19)14-18-4-6-20(7-5-18)28-21-8-9-21/h3-7,10,13,19,21,24H,8-9,11-12,14-15H2,1-2H3/t19-,29+/m1/s1. The topological polar surface area (TPSA) is 64.6 Å². The van der Waals surface area contributed by atoms with Crippen LogP contribution in [0.3, 0.4) is 0 Å². The average Bonchev–Trinajstić information content (AvgIpc) is 3.41. The smallest absolute Gasteiger partial charge is 0.174 e. The molecule has 6 heteroatoms. The van der Waals surface area contributed by atoms with Crippen molar-refractivity contribution in [2.45, 2.75) is 56.7 Å². The Kier molecular flexibility index (Phi) is 6.25. The van der Waals surface area contributed by atoms with Gasteiger partial charge in [-0.25, -0.2) is 0 Å². The molecule has 1 saturated carbocycles. The van der Waals surface area contributed by atoms with Gasteiger partial charge in [-0.05, 0) is 62.4 Å². The molecule has 1 aliphatic heterocycles. The summed E-state index contributed by atoms with van der Waals surface area (Å²) in [5.41, 5.74) is 2.82. The molecule has 2 aromatic rings. The van der Waals surface area contributed by atoms with Gasteiger partial charge in [0.05, 0.1) is 23.5 Å². The highest BCUT2D eigenvalue weighted by Crippen LogP contribution is 2.27. The van der Waals surface area contributed by atoms with E-state index in [-0.39, 0.29) is 11.8 Å². The van der Waals surface area contributed by atoms with Crippen molar-refractivity contribution in [3.63, 3.8) is 0 Å². The molecule has 2 aliphatic rings. The molecule has 0 radical (unpaired) electrons. The molecule has 2 aromatic carbocycles. The minimum Gasteiger partial charge on any atom is -0.593 e. The van der Waals surface area contributed by atoms with E-state index >= 15 is 0 Å². The summed E-state index contributed by atoms with van der Waals surface area (Å²) in [6, 6.07) is 14.0. The Morgan fingerprint density at radius 2 is 1.97 bits per heavy atom. The van der Waals surface area contributed by atoms with Crippen LogP contribution in [0.2, 0.25) is 0 Å². The summed E-state index contributed by atoms with van der Waals surface area (Å²) in [7, 11) is 0. The van der Waals surface area contributed by atoms with Crippen LogP contribution in [-0.2, 0) is 17.9 Å². The van der Waals surface area contributed by atoms with E-state index < -0.39 is 11.4 Å². The Labute approximate surface area is 175 Å². The summed E-state index contributed by atoms with van der Waals surface area (Å²) in [6.45, 7) is 6.16. The van der Waals surface area contributed by atoms with Gasteiger partial charge in [0.25, 0.3) is 0 Å². The highest BCUT2D eigenvalue weighted by atomic mass is 32.2. The largest absolute Gasteiger partial charge is 0.593 e. The van der Waals surface area contributed by atoms with E-state index in [2.05, 4.69) is 33.9 Å². The van der Waals surface area contributed by atoms with Crippen molar-refractivity contribution in [3.05, 3.63) is 59.2 Å². The molecule has 1 aliphatic carbocycles. The van der Waals surface area contributed by atoms with Crippen molar-refractivity contribution in [1.29, 1.82) is 0 Å². The number of ether oxygens (including phenoxy) is 1. The molecule has 0 spiro atoms. The highest BCUT2D eigenvalue weighted by molar-refractivity contribution is 7.89. The normalized spacial score (nSPS) is 20.6. The van der Waals surface area contributed by atoms with E-state index in [1.54, 1.807) is 13.0 Å². The first-order valence-corrected chi connectivity index (χ1v) is 11.4. The van der Waals surface area contributed by atoms with Gasteiger partial charge in [0.1, 0.15) is 5.75 Å². The lowest BCUT2D eigenvalue weighted by molar-refractivity contribution is 0.101. The predicted octanol–water partition coefficient (Wildman–Crippen LogP) is 3.63. The van der Waals surface area contributed by atoms with E-state index in [0.717, 1.165) is 37.4 Å². The molecular weight excluding hydrogens is 384 g/mol. The van der Waals surface area contributed by atoms with Gasteiger partial charge in [-0.3, -0.25) is 9.69 Å². The molecule has 0 aromatic heterocycles. The van der Waals surface area contributed by atoms with Gasteiger partial charge in [-0.15, -0.1) is 4.72 Å². The minimum absolute atomic E-state index is 0.00180. The fourth-order valence-electron chi connectivity index (χ4n) is 3.70. The number of rotatable bonds is 8. The third-order valence-corrected chi connectivity index (χ3v) is 6.73. The van der Waals surface area contributed by atoms with Gasteiger partial charge in [-0.1, -0.05) is 18.2 Å². The van der Waals surface area contributed by atoms with Crippen LogP contribution in [-0.4, -0.2) is 40.5 Å². The Bertz CT molecular complexity index is 867. The van der Waals surface area contributed by atoms with Crippen LogP contribution in [0.25, 0.3) is 0 Å². The first-order chi connectivity index (χ1) is 14.0. The molecule has 0 unspecified atom stereocenters. The van der Waals surface area contributed by atoms with Crippen molar-refractivity contribution in [2.24, 2.45) is 0 Å². The van der Waals surface area contributed by atoms with Crippen molar-refractivity contribution >= 4 is 17.1 Å². The van der Waals surface area contributed by atoms with Gasteiger partial charge >= 0.3 is 0 Å². The molecule has 2 fully saturated rings. The zero-order chi connectivity index (χ0) is 20.4. The lowest BCUT2D eigenvalue weighted by Crippen LogP contribution is -2.37. The summed E-state index contributed by atoms with van der Waals surface area (Å²) in [4.78, 5) is 14.8. The number of Topliss-reactive ketones (excluding diaryl/α,β-unsaturated/α-hetero) is 1. The Hall–Kier alpha value is -1.86. The summed E-state index contributed by atoms with van der Waals surface area (Å²) in [5.74, 6) is 0.956. The predicted molar refractivity (Wildman–Crippen MR) is 115 cm³/mol. The van der Waals surface area contributed by atoms with Crippen LogP contribution in [0.4, 0.5) is 0 Å². The van der Waals surface area contributed by atoms with Crippen LogP contribution in [0.15, 0.2) is 47.4 Å². The Balaban J connectivity index is 1.29. The highest BCUT2D eigenvalue weighted by Gasteiger charge is 2.28. The molecule has 0 bridgehead atoms. The maximum Gasteiger partial charge on any atom is 0.174 e. The third-order valence-electron chi connectivity index (χ3n) is 5.51. The van der Waals surface area contributed by atoms with E-state index in [1.165, 1.54) is 18.4 Å². The number of nitrogens with zero attached hydrogens (tertiary/aromatic N) is 1. The first-order valence-electron chi connectivity index (χ1n) is 10.3. The fourth-order valence-corrected chi connectivity index (χ4v) is 4.75. The van der Waals surface area contributed by atoms with Gasteiger partial charge in [0.2, 0.25) is 0 Å². The number of hydrogen-bond donors (Lipinski definition) is 1. The summed E-state index contributed by atoms with van der Waals surface area (Å²) >= 11 is -1.32. The number of nitrogens with one attached hydrogen (secondary N) is 1. The van der Waals surface area contributed by atoms with Crippen LogP contribution in [0.1, 0.15) is 47.7 Å². The molecule has 4 rings (SSSR count). The molecular formula is C23H28N2O3S. The molecule has 1 heterocycles. The maximum atomic E-state index is 12.7. The SMILES string of the molecule is CC(=O)c1cc([S@+]([O-])N[C@@H]2CCN(Cc3ccc(OC4CC4)cc3)C2)ccc1C. The lowest BCUT2D eigenvalue weighted by atomic mass is 10.1. The first kappa shape index (κ1) is 20.4. The zero-order valence-electron chi connectivity index (χ0n) is 17.0. The number of ketones is 1. The molecule has 154 valence electrons. The average molecular weight is 413 g/mol. The van der Waals surface area contributed by atoms with Gasteiger partial charge < -0.3 is 9.29 Å². The van der Waals surface area contributed by atoms with Crippen molar-refractivity contribution in [2.75, 3.05) is 13.1 Å². The van der Waals surface area contributed by atoms with Crippen molar-refractivity contribution < 1.29 is 14.1 Å². The van der Waals surface area contributed by atoms with E-state index in [4.69, 9.17) is 4.74 Å². The summed E-state index contributed by atoms with van der Waals surface area (Å²) < 4.78 is 21.8. The third kappa shape index (κ3) is 5.39. The van der Waals surface area contributed by atoms with Crippen LogP contribution in [0, 0.1) is 6.92 Å². The summed E-state index contributed by atoms with van der Waals surface area (Å²) in [6.07, 6.45) is 3.72. The van der Waals surface area contributed by atoms with Gasteiger partial charge in [0, 0.05) is 31.3 Å². The fraction of sp³-hybridized carbons (Fsp3) is 0.435. The number of carbonyl (C=O) groups is 1. The van der Waals surface area contributed by atoms with E-state index in [1.807, 2.05) is 19.1 Å². The molecule has 0 amide bonds. The summed E-state index contributed by atoms with van der Waals surface area (Å²) in [5, 5.41) is 0. The second-order valence-electron chi connectivity index (χ2n) is 8.10. The number of benzene rings is 2. The zero-order valence-corrected chi connectivity index (χ0v) is 17.8. The van der Waals surface area contributed by atoms with Gasteiger partial charge in [-0.2, -0.15) is 0 Å². The quantitative estimate of drug-likeness (QED) is 0.530. The lowest BCUT2D eigenvalue weighted by Gasteiger charge is -2.18. The van der Waals surface area contributed by atoms with Crippen LogP contribution in [0.5, 0.6) is 5.75 Å². The van der Waals surface area contributed by atoms with Crippen molar-refractivity contribution in [3.8, 4) is 5.75 Å². The maximum absolute atomic E-state index is 12.7. The Morgan fingerprint density at radius 1 is 1.21 bits per heavy atom. The Morgan fingerprint density at radius 3 is 2.66 bits per heavy atom. The molecule has 1 N–H and O–H groups in total. The number of hydrogen-bond acceptors (Lipinski definition) is 5. The molecule has 1 saturated heterocycles. The minimum atomic E-state index is -1.32. The number of likely N-dealkylation sites (tertiary alicyclic amines) is 1. The number of carbonyl (C=O) groups excluding carboxylic acids is 1. The van der Waals surface area contributed by atoms with Crippen molar-refractivity contribution in [1.82, 2.24) is 9.62 Å². The number of aryl methyl sites for hydroxylation is 1. The monoisotopic (exact) mass is 412 g/mol. The second-order valence-corrected chi connectivity index (χ2v) is 9.35. The molecule has 2 atom stereocenters. The second kappa shape index (κ2) is 8.88.